The van der Waals surface area contributed by atoms with Crippen molar-refractivity contribution in [2.75, 3.05) is 4.90 Å². The maximum atomic E-state index is 13.4. The van der Waals surface area contributed by atoms with Crippen molar-refractivity contribution in [3.8, 4) is 0 Å². The van der Waals surface area contributed by atoms with Crippen molar-refractivity contribution in [1.29, 1.82) is 0 Å². The number of nitrogens with one attached hydrogen (secondary N) is 1. The van der Waals surface area contributed by atoms with Crippen LogP contribution in [-0.2, 0) is 9.59 Å². The molecule has 3 aromatic rings. The van der Waals surface area contributed by atoms with Gasteiger partial charge in [0.1, 0.15) is 6.04 Å². The number of rotatable bonds is 4. The molecule has 1 aliphatic heterocycles. The largest absolute Gasteiger partial charge is 0.274 e. The zero-order valence-electron chi connectivity index (χ0n) is 18.0. The molecule has 0 aromatic heterocycles. The first-order valence-corrected chi connectivity index (χ1v) is 11.1. The molecular formula is C25H19Cl2N3O4. The Morgan fingerprint density at radius 1 is 0.971 bits per heavy atom. The smallest absolute Gasteiger partial charge is 0.273 e. The number of halogens is 2. The topological polar surface area (TPSA) is 86.8 Å². The summed E-state index contributed by atoms with van der Waals surface area (Å²) in [7, 11) is 0. The minimum atomic E-state index is -1.24. The number of hydrazine groups is 1. The second-order valence-electron chi connectivity index (χ2n) is 7.73. The van der Waals surface area contributed by atoms with Crippen LogP contribution in [0.3, 0.4) is 0 Å². The minimum absolute atomic E-state index is 0.0595. The zero-order chi connectivity index (χ0) is 24.4. The molecule has 3 aromatic carbocycles. The maximum Gasteiger partial charge on any atom is 0.273 e. The molecule has 1 saturated heterocycles. The molecule has 0 saturated carbocycles. The summed E-state index contributed by atoms with van der Waals surface area (Å²) in [6.45, 7) is 1.84. The van der Waals surface area contributed by atoms with Gasteiger partial charge < -0.3 is 0 Å². The third-order valence-electron chi connectivity index (χ3n) is 5.33. The van der Waals surface area contributed by atoms with E-state index >= 15 is 0 Å². The quantitative estimate of drug-likeness (QED) is 0.428. The Balaban J connectivity index is 1.69. The number of imide groups is 1. The van der Waals surface area contributed by atoms with E-state index in [1.165, 1.54) is 18.2 Å². The average Bonchev–Trinajstić information content (AvgIpc) is 3.11. The van der Waals surface area contributed by atoms with Crippen molar-refractivity contribution in [2.45, 2.75) is 19.4 Å². The number of anilines is 1. The lowest BCUT2D eigenvalue weighted by Crippen LogP contribution is -2.54. The maximum absolute atomic E-state index is 13.4. The fraction of sp³-hybridized carbons (Fsp3) is 0.120. The van der Waals surface area contributed by atoms with Crippen molar-refractivity contribution in [1.82, 2.24) is 10.4 Å². The molecule has 7 nitrogen and oxygen atoms in total. The summed E-state index contributed by atoms with van der Waals surface area (Å²) >= 11 is 12.1. The summed E-state index contributed by atoms with van der Waals surface area (Å²) < 4.78 is 0. The molecule has 1 aliphatic rings. The average molecular weight is 496 g/mol. The first-order chi connectivity index (χ1) is 16.3. The molecule has 0 radical (unpaired) electrons. The number of amides is 4. The van der Waals surface area contributed by atoms with Gasteiger partial charge in [-0.2, -0.15) is 0 Å². The molecule has 34 heavy (non-hydrogen) atoms. The van der Waals surface area contributed by atoms with Gasteiger partial charge in [-0.1, -0.05) is 53.5 Å². The van der Waals surface area contributed by atoms with Gasteiger partial charge in [0.2, 0.25) is 5.91 Å². The molecule has 1 heterocycles. The Morgan fingerprint density at radius 2 is 1.71 bits per heavy atom. The molecule has 1 atom stereocenters. The van der Waals surface area contributed by atoms with E-state index in [4.69, 9.17) is 23.2 Å². The van der Waals surface area contributed by atoms with Crippen molar-refractivity contribution in [2.24, 2.45) is 0 Å². The van der Waals surface area contributed by atoms with Crippen LogP contribution in [0.15, 0.2) is 72.8 Å². The molecule has 0 aliphatic carbocycles. The normalized spacial score (nSPS) is 15.4. The lowest BCUT2D eigenvalue weighted by Gasteiger charge is -2.28. The van der Waals surface area contributed by atoms with Crippen LogP contribution in [0.1, 0.15) is 32.7 Å². The van der Waals surface area contributed by atoms with Gasteiger partial charge in [0.15, 0.2) is 0 Å². The van der Waals surface area contributed by atoms with Crippen LogP contribution in [0.2, 0.25) is 10.0 Å². The molecule has 4 amide bonds. The Labute approximate surface area is 205 Å². The van der Waals surface area contributed by atoms with Crippen molar-refractivity contribution < 1.29 is 19.2 Å². The van der Waals surface area contributed by atoms with E-state index in [1.54, 1.807) is 48.5 Å². The number of nitrogens with zero attached hydrogens (tertiary/aromatic N) is 2. The molecule has 172 valence electrons. The first kappa shape index (κ1) is 23.5. The van der Waals surface area contributed by atoms with Gasteiger partial charge >= 0.3 is 0 Å². The number of hydrogen-bond acceptors (Lipinski definition) is 4. The predicted molar refractivity (Wildman–Crippen MR) is 129 cm³/mol. The zero-order valence-corrected chi connectivity index (χ0v) is 19.5. The molecule has 4 rings (SSSR count). The number of carbonyl (C=O) groups is 4. The monoisotopic (exact) mass is 495 g/mol. The number of carbonyl (C=O) groups excluding carboxylic acids is 4. The second-order valence-corrected chi connectivity index (χ2v) is 8.58. The third kappa shape index (κ3) is 4.66. The van der Waals surface area contributed by atoms with Crippen molar-refractivity contribution in [3.63, 3.8) is 0 Å². The summed E-state index contributed by atoms with van der Waals surface area (Å²) in [6.07, 6.45) is -0.292. The number of benzene rings is 3. The van der Waals surface area contributed by atoms with Gasteiger partial charge in [-0.25, -0.2) is 9.91 Å². The van der Waals surface area contributed by atoms with Gasteiger partial charge in [0.25, 0.3) is 17.7 Å². The SMILES string of the molecule is Cc1cccc(N2C(=O)CC(N(NC(=O)c3ccc(Cl)cc3Cl)C(=O)c3ccccc3)C2=O)c1. The Bertz CT molecular complexity index is 1300. The summed E-state index contributed by atoms with van der Waals surface area (Å²) in [5.41, 5.74) is 4.05. The molecule has 0 spiro atoms. The van der Waals surface area contributed by atoms with E-state index in [0.29, 0.717) is 10.7 Å². The van der Waals surface area contributed by atoms with Crippen LogP contribution in [0, 0.1) is 6.92 Å². The number of aryl methyl sites for hydroxylation is 1. The molecule has 0 bridgehead atoms. The van der Waals surface area contributed by atoms with Crippen LogP contribution in [-0.4, -0.2) is 34.7 Å². The van der Waals surface area contributed by atoms with Gasteiger partial charge in [0, 0.05) is 10.6 Å². The van der Waals surface area contributed by atoms with Crippen molar-refractivity contribution in [3.05, 3.63) is 99.5 Å². The fourth-order valence-corrected chi connectivity index (χ4v) is 4.18. The van der Waals surface area contributed by atoms with Crippen LogP contribution < -0.4 is 10.3 Å². The molecular weight excluding hydrogens is 477 g/mol. The minimum Gasteiger partial charge on any atom is -0.274 e. The van der Waals surface area contributed by atoms with Crippen LogP contribution in [0.25, 0.3) is 0 Å². The summed E-state index contributed by atoms with van der Waals surface area (Å²) in [5, 5.41) is 1.31. The highest BCUT2D eigenvalue weighted by Crippen LogP contribution is 2.27. The highest BCUT2D eigenvalue weighted by Gasteiger charge is 2.45. The third-order valence-corrected chi connectivity index (χ3v) is 5.88. The van der Waals surface area contributed by atoms with Gasteiger partial charge in [0.05, 0.1) is 22.7 Å². The van der Waals surface area contributed by atoms with E-state index in [9.17, 15) is 19.2 Å². The highest BCUT2D eigenvalue weighted by atomic mass is 35.5. The Morgan fingerprint density at radius 3 is 2.38 bits per heavy atom. The molecule has 1 unspecified atom stereocenters. The molecule has 9 heteroatoms. The predicted octanol–water partition coefficient (Wildman–Crippen LogP) is 4.42. The Kier molecular flexibility index (Phi) is 6.68. The lowest BCUT2D eigenvalue weighted by molar-refractivity contribution is -0.122. The van der Waals surface area contributed by atoms with Crippen LogP contribution in [0.4, 0.5) is 5.69 Å². The van der Waals surface area contributed by atoms with E-state index in [-0.39, 0.29) is 22.6 Å². The van der Waals surface area contributed by atoms with Crippen LogP contribution in [0.5, 0.6) is 0 Å². The van der Waals surface area contributed by atoms with Crippen LogP contribution >= 0.6 is 23.2 Å². The summed E-state index contributed by atoms with van der Waals surface area (Å²) in [5.74, 6) is -2.47. The standard InChI is InChI=1S/C25H19Cl2N3O4/c1-15-6-5-9-18(12-15)29-22(31)14-21(25(29)34)30(24(33)16-7-3-2-4-8-16)28-23(32)19-11-10-17(26)13-20(19)27/h2-13,21H,14H2,1H3,(H,28,32). The van der Waals surface area contributed by atoms with Gasteiger partial charge in [-0.15, -0.1) is 0 Å². The van der Waals surface area contributed by atoms with E-state index in [2.05, 4.69) is 5.43 Å². The highest BCUT2D eigenvalue weighted by molar-refractivity contribution is 6.36. The second kappa shape index (κ2) is 9.67. The molecule has 1 fully saturated rings. The Hall–Kier alpha value is -3.68. The lowest BCUT2D eigenvalue weighted by atomic mass is 10.1. The van der Waals surface area contributed by atoms with E-state index < -0.39 is 29.7 Å². The summed E-state index contributed by atoms with van der Waals surface area (Å²) in [6, 6.07) is 18.1. The summed E-state index contributed by atoms with van der Waals surface area (Å²) in [4.78, 5) is 53.6. The van der Waals surface area contributed by atoms with Gasteiger partial charge in [-0.05, 0) is 55.0 Å². The molecule has 1 N–H and O–H groups in total. The number of hydrogen-bond donors (Lipinski definition) is 1. The van der Waals surface area contributed by atoms with E-state index in [0.717, 1.165) is 15.5 Å². The van der Waals surface area contributed by atoms with Crippen molar-refractivity contribution >= 4 is 52.5 Å². The van der Waals surface area contributed by atoms with Gasteiger partial charge in [-0.3, -0.25) is 24.6 Å². The fourth-order valence-electron chi connectivity index (χ4n) is 3.69. The first-order valence-electron chi connectivity index (χ1n) is 10.3. The van der Waals surface area contributed by atoms with E-state index in [1.807, 2.05) is 13.0 Å².